The van der Waals surface area contributed by atoms with Crippen LogP contribution in [0.5, 0.6) is 0 Å². The van der Waals surface area contributed by atoms with Crippen LogP contribution < -0.4 is 4.72 Å². The molecule has 1 aliphatic rings. The molecule has 2 aromatic rings. The van der Waals surface area contributed by atoms with E-state index in [2.05, 4.69) is 15.0 Å². The van der Waals surface area contributed by atoms with Crippen molar-refractivity contribution < 1.29 is 27.9 Å². The van der Waals surface area contributed by atoms with Crippen LogP contribution in [0.25, 0.3) is 0 Å². The van der Waals surface area contributed by atoms with Gasteiger partial charge in [0, 0.05) is 25.7 Å². The number of carbonyl (C=O) groups excluding carboxylic acids is 1. The summed E-state index contributed by atoms with van der Waals surface area (Å²) >= 11 is 1.08. The van der Waals surface area contributed by atoms with Crippen molar-refractivity contribution in [1.29, 1.82) is 0 Å². The number of morpholine rings is 1. The van der Waals surface area contributed by atoms with Gasteiger partial charge in [-0.2, -0.15) is 4.72 Å². The number of carboxylic acids is 1. The molecule has 0 radical (unpaired) electrons. The van der Waals surface area contributed by atoms with E-state index in [4.69, 9.17) is 9.84 Å². The zero-order valence-electron chi connectivity index (χ0n) is 15.6. The summed E-state index contributed by atoms with van der Waals surface area (Å²) in [6, 6.07) is 2.19. The molecule has 11 nitrogen and oxygen atoms in total. The number of ether oxygens (including phenoxy) is 1. The molecule has 2 N–H and O–H groups in total. The highest BCUT2D eigenvalue weighted by Crippen LogP contribution is 2.17. The third kappa shape index (κ3) is 5.59. The summed E-state index contributed by atoms with van der Waals surface area (Å²) in [5, 5.41) is 18.1. The van der Waals surface area contributed by atoms with Gasteiger partial charge in [-0.3, -0.25) is 9.59 Å². The van der Waals surface area contributed by atoms with Crippen LogP contribution in [0, 0.1) is 0 Å². The largest absolute Gasteiger partial charge is 0.480 e. The van der Waals surface area contributed by atoms with E-state index in [1.807, 2.05) is 0 Å². The summed E-state index contributed by atoms with van der Waals surface area (Å²) in [5.41, 5.74) is 0.553. The minimum atomic E-state index is -3.75. The van der Waals surface area contributed by atoms with E-state index in [0.717, 1.165) is 11.3 Å². The lowest BCUT2D eigenvalue weighted by Crippen LogP contribution is -2.53. The van der Waals surface area contributed by atoms with Crippen LogP contribution in [0.1, 0.15) is 12.6 Å². The lowest BCUT2D eigenvalue weighted by Gasteiger charge is -2.34. The highest BCUT2D eigenvalue weighted by atomic mass is 32.2. The Hall–Kier alpha value is -2.35. The molecule has 2 aromatic heterocycles. The Bertz CT molecular complexity index is 958. The Labute approximate surface area is 171 Å². The molecule has 3 rings (SSSR count). The fourth-order valence-electron chi connectivity index (χ4n) is 2.96. The lowest BCUT2D eigenvalue weighted by molar-refractivity contribution is -0.140. The Morgan fingerprint density at radius 1 is 1.48 bits per heavy atom. The quantitative estimate of drug-likeness (QED) is 0.559. The van der Waals surface area contributed by atoms with Crippen molar-refractivity contribution in [3.63, 3.8) is 0 Å². The Balaban J connectivity index is 1.57. The Morgan fingerprint density at radius 3 is 2.97 bits per heavy atom. The average molecular weight is 444 g/mol. The smallest absolute Gasteiger partial charge is 0.325 e. The van der Waals surface area contributed by atoms with E-state index in [9.17, 15) is 18.0 Å². The number of carboxylic acid groups (broad SMARTS) is 1. The van der Waals surface area contributed by atoms with Gasteiger partial charge in [0.1, 0.15) is 10.8 Å². The number of thiophene rings is 1. The van der Waals surface area contributed by atoms with E-state index < -0.39 is 22.0 Å². The summed E-state index contributed by atoms with van der Waals surface area (Å²) in [5.74, 6) is -1.36. The summed E-state index contributed by atoms with van der Waals surface area (Å²) in [7, 11) is -3.75. The second kappa shape index (κ2) is 8.98. The van der Waals surface area contributed by atoms with Gasteiger partial charge in [-0.05, 0) is 18.4 Å². The Kier molecular flexibility index (Phi) is 6.62. The van der Waals surface area contributed by atoms with Crippen LogP contribution in [0.4, 0.5) is 0 Å². The molecule has 3 heterocycles. The van der Waals surface area contributed by atoms with E-state index in [-0.39, 0.29) is 29.3 Å². The number of rotatable bonds is 8. The molecule has 158 valence electrons. The molecule has 2 atom stereocenters. The van der Waals surface area contributed by atoms with Crippen LogP contribution in [-0.2, 0) is 37.3 Å². The number of nitrogens with one attached hydrogen (secondary N) is 1. The lowest BCUT2D eigenvalue weighted by atomic mass is 10.1. The summed E-state index contributed by atoms with van der Waals surface area (Å²) in [6.07, 6.45) is 1.54. The minimum absolute atomic E-state index is 0.154. The van der Waals surface area contributed by atoms with E-state index in [1.165, 1.54) is 23.9 Å². The van der Waals surface area contributed by atoms with Crippen LogP contribution in [0.15, 0.2) is 27.9 Å². The fraction of sp³-hybridized carbons (Fsp3) is 0.500. The van der Waals surface area contributed by atoms with Crippen molar-refractivity contribution in [3.05, 3.63) is 29.4 Å². The second-order valence-corrected chi connectivity index (χ2v) is 9.45. The molecule has 13 heteroatoms. The first-order valence-electron chi connectivity index (χ1n) is 8.81. The predicted molar refractivity (Wildman–Crippen MR) is 102 cm³/mol. The van der Waals surface area contributed by atoms with Crippen molar-refractivity contribution in [2.24, 2.45) is 0 Å². The van der Waals surface area contributed by atoms with Crippen molar-refractivity contribution in [3.8, 4) is 0 Å². The Morgan fingerprint density at radius 2 is 2.28 bits per heavy atom. The molecule has 0 spiro atoms. The third-order valence-corrected chi connectivity index (χ3v) is 7.17. The van der Waals surface area contributed by atoms with E-state index >= 15 is 0 Å². The second-order valence-electron chi connectivity index (χ2n) is 6.56. The van der Waals surface area contributed by atoms with Crippen molar-refractivity contribution in [2.45, 2.75) is 36.2 Å². The number of sulfonamides is 1. The first kappa shape index (κ1) is 21.4. The number of aliphatic carboxylic acids is 1. The van der Waals surface area contributed by atoms with Gasteiger partial charge >= 0.3 is 5.97 Å². The normalized spacial score (nSPS) is 18.5. The van der Waals surface area contributed by atoms with Crippen molar-refractivity contribution >= 4 is 33.2 Å². The third-order valence-electron chi connectivity index (χ3n) is 4.23. The minimum Gasteiger partial charge on any atom is -0.480 e. The summed E-state index contributed by atoms with van der Waals surface area (Å²) in [4.78, 5) is 25.0. The van der Waals surface area contributed by atoms with Crippen LogP contribution in [0.3, 0.4) is 0 Å². The first-order valence-corrected chi connectivity index (χ1v) is 11.2. The van der Waals surface area contributed by atoms with Gasteiger partial charge < -0.3 is 14.7 Å². The molecule has 1 saturated heterocycles. The maximum atomic E-state index is 12.7. The topological polar surface area (TPSA) is 144 Å². The zero-order valence-corrected chi connectivity index (χ0v) is 17.2. The fourth-order valence-corrected chi connectivity index (χ4v) is 5.16. The number of nitrogens with zero attached hydrogens (tertiary/aromatic N) is 4. The van der Waals surface area contributed by atoms with Gasteiger partial charge in [-0.25, -0.2) is 13.1 Å². The van der Waals surface area contributed by atoms with E-state index in [1.54, 1.807) is 16.3 Å². The van der Waals surface area contributed by atoms with Gasteiger partial charge in [0.2, 0.25) is 5.91 Å². The van der Waals surface area contributed by atoms with Gasteiger partial charge in [-0.15, -0.1) is 16.4 Å². The van der Waals surface area contributed by atoms with E-state index in [0.29, 0.717) is 25.3 Å². The predicted octanol–water partition coefficient (Wildman–Crippen LogP) is -0.439. The molecule has 0 saturated carbocycles. The maximum absolute atomic E-state index is 12.7. The number of hydrogen-bond donors (Lipinski definition) is 2. The van der Waals surface area contributed by atoms with Crippen LogP contribution in [0.2, 0.25) is 0 Å². The molecule has 1 aliphatic heterocycles. The van der Waals surface area contributed by atoms with Gasteiger partial charge in [0.25, 0.3) is 10.0 Å². The van der Waals surface area contributed by atoms with Gasteiger partial charge in [0.15, 0.2) is 0 Å². The molecule has 29 heavy (non-hydrogen) atoms. The highest BCUT2D eigenvalue weighted by Gasteiger charge is 2.30. The highest BCUT2D eigenvalue weighted by molar-refractivity contribution is 7.91. The number of carbonyl (C=O) groups is 2. The van der Waals surface area contributed by atoms with Crippen LogP contribution in [-0.4, -0.2) is 77.1 Å². The summed E-state index contributed by atoms with van der Waals surface area (Å²) < 4.78 is 34.1. The molecule has 0 bridgehead atoms. The average Bonchev–Trinajstić information content (AvgIpc) is 3.33. The number of aromatic nitrogens is 3. The number of hydrogen-bond acceptors (Lipinski definition) is 8. The SMILES string of the molecule is CC(NS(=O)(=O)c1cccs1)C(=O)N1CCOC(Cc2cn(CC(=O)O)nn2)C1. The molecular weight excluding hydrogens is 422 g/mol. The van der Waals surface area contributed by atoms with Crippen molar-refractivity contribution in [1.82, 2.24) is 24.6 Å². The van der Waals surface area contributed by atoms with Gasteiger partial charge in [-0.1, -0.05) is 11.3 Å². The van der Waals surface area contributed by atoms with Gasteiger partial charge in [0.05, 0.1) is 24.4 Å². The maximum Gasteiger partial charge on any atom is 0.325 e. The summed E-state index contributed by atoms with van der Waals surface area (Å²) in [6.45, 7) is 2.16. The van der Waals surface area contributed by atoms with Crippen LogP contribution >= 0.6 is 11.3 Å². The number of amides is 1. The molecule has 1 fully saturated rings. The molecule has 1 amide bonds. The first-order chi connectivity index (χ1) is 13.7. The molecular formula is C16H21N5O6S2. The van der Waals surface area contributed by atoms with Crippen molar-refractivity contribution in [2.75, 3.05) is 19.7 Å². The molecule has 0 aliphatic carbocycles. The zero-order chi connectivity index (χ0) is 21.0. The monoisotopic (exact) mass is 443 g/mol. The standard InChI is InChI=1S/C16H21N5O6S2/c1-11(18-29(25,26)15-3-2-6-28-15)16(24)20-4-5-27-13(9-20)7-12-8-21(19-17-12)10-14(22)23/h2-3,6,8,11,13,18H,4-5,7,9-10H2,1H3,(H,22,23). The molecule has 0 aromatic carbocycles. The molecule has 2 unspecified atom stereocenters.